The van der Waals surface area contributed by atoms with Crippen molar-refractivity contribution in [3.8, 4) is 22.9 Å². The van der Waals surface area contributed by atoms with E-state index in [4.69, 9.17) is 20.2 Å². The predicted molar refractivity (Wildman–Crippen MR) is 108 cm³/mol. The number of rotatable bonds is 6. The Kier molecular flexibility index (Phi) is 4.80. The van der Waals surface area contributed by atoms with Gasteiger partial charge in [-0.25, -0.2) is 4.98 Å². The molecule has 0 aliphatic heterocycles. The van der Waals surface area contributed by atoms with Gasteiger partial charge in [0.1, 0.15) is 10.7 Å². The molecule has 2 heterocycles. The number of carbonyl (C=O) groups is 1. The van der Waals surface area contributed by atoms with Gasteiger partial charge < -0.3 is 15.2 Å². The topological polar surface area (TPSA) is 96.4 Å². The van der Waals surface area contributed by atoms with Crippen LogP contribution in [-0.4, -0.2) is 29.7 Å². The van der Waals surface area contributed by atoms with Gasteiger partial charge in [0, 0.05) is 23.4 Å². The van der Waals surface area contributed by atoms with Gasteiger partial charge in [-0.05, 0) is 43.0 Å². The van der Waals surface area contributed by atoms with E-state index in [-0.39, 0.29) is 18.5 Å². The monoisotopic (exact) mass is 399 g/mol. The molecule has 0 saturated heterocycles. The normalized spacial score (nSPS) is 12.9. The maximum Gasteiger partial charge on any atom is 0.262 e. The van der Waals surface area contributed by atoms with Crippen LogP contribution in [0.3, 0.4) is 0 Å². The van der Waals surface area contributed by atoms with Crippen molar-refractivity contribution in [3.05, 3.63) is 39.0 Å². The van der Waals surface area contributed by atoms with E-state index >= 15 is 0 Å². The highest BCUT2D eigenvalue weighted by Crippen LogP contribution is 2.37. The van der Waals surface area contributed by atoms with Crippen LogP contribution < -0.4 is 20.8 Å². The summed E-state index contributed by atoms with van der Waals surface area (Å²) >= 11 is 1.59. The Morgan fingerprint density at radius 2 is 2.04 bits per heavy atom. The first kappa shape index (κ1) is 18.5. The van der Waals surface area contributed by atoms with E-state index in [1.165, 1.54) is 4.88 Å². The van der Waals surface area contributed by atoms with Crippen molar-refractivity contribution in [1.82, 2.24) is 9.55 Å². The second-order valence-electron chi connectivity index (χ2n) is 6.72. The molecule has 0 bridgehead atoms. The molecule has 1 aromatic carbocycles. The van der Waals surface area contributed by atoms with Crippen LogP contribution in [0.4, 0.5) is 0 Å². The first-order chi connectivity index (χ1) is 13.5. The van der Waals surface area contributed by atoms with Crippen molar-refractivity contribution in [2.45, 2.75) is 32.2 Å². The minimum Gasteiger partial charge on any atom is -0.493 e. The number of methoxy groups -OCH3 is 2. The first-order valence-electron chi connectivity index (χ1n) is 9.09. The van der Waals surface area contributed by atoms with Crippen LogP contribution in [0.25, 0.3) is 21.6 Å². The minimum absolute atomic E-state index is 0.0692. The fraction of sp³-hybridized carbons (Fsp3) is 0.350. The summed E-state index contributed by atoms with van der Waals surface area (Å²) in [6, 6.07) is 5.39. The van der Waals surface area contributed by atoms with Crippen LogP contribution in [0.1, 0.15) is 23.3 Å². The summed E-state index contributed by atoms with van der Waals surface area (Å²) in [4.78, 5) is 31.5. The molecule has 0 unspecified atom stereocenters. The van der Waals surface area contributed by atoms with Gasteiger partial charge in [0.05, 0.1) is 19.6 Å². The number of thiophene rings is 1. The number of aryl methyl sites for hydroxylation is 2. The van der Waals surface area contributed by atoms with Crippen molar-refractivity contribution in [2.75, 3.05) is 14.2 Å². The van der Waals surface area contributed by atoms with E-state index in [1.807, 2.05) is 6.07 Å². The molecule has 1 amide bonds. The Bertz CT molecular complexity index is 1130. The molecule has 146 valence electrons. The molecule has 2 N–H and O–H groups in total. The summed E-state index contributed by atoms with van der Waals surface area (Å²) in [7, 11) is 3.13. The summed E-state index contributed by atoms with van der Waals surface area (Å²) < 4.78 is 12.2. The van der Waals surface area contributed by atoms with Gasteiger partial charge in [-0.2, -0.15) is 0 Å². The number of amides is 1. The van der Waals surface area contributed by atoms with Crippen molar-refractivity contribution < 1.29 is 14.3 Å². The highest BCUT2D eigenvalue weighted by Gasteiger charge is 2.24. The standard InChI is InChI=1S/C20H21N3O4S/c1-26-13-7-6-11(10-14(13)27-2)18-22-19-17(12-4-3-5-15(12)28-19)20(25)23(18)9-8-16(21)24/h6-7,10H,3-5,8-9H2,1-2H3,(H2,21,24). The summed E-state index contributed by atoms with van der Waals surface area (Å²) in [6.45, 7) is 0.186. The van der Waals surface area contributed by atoms with Crippen LogP contribution in [-0.2, 0) is 24.2 Å². The smallest absolute Gasteiger partial charge is 0.262 e. The summed E-state index contributed by atoms with van der Waals surface area (Å²) in [6.07, 6.45) is 3.02. The number of hydrogen-bond donors (Lipinski definition) is 1. The number of ether oxygens (including phenoxy) is 2. The predicted octanol–water partition coefficient (Wildman–Crippen LogP) is 2.51. The van der Waals surface area contributed by atoms with Gasteiger partial charge in [-0.15, -0.1) is 11.3 Å². The first-order valence-corrected chi connectivity index (χ1v) is 9.91. The van der Waals surface area contributed by atoms with E-state index in [1.54, 1.807) is 42.3 Å². The lowest BCUT2D eigenvalue weighted by Gasteiger charge is -2.14. The number of aromatic nitrogens is 2. The molecule has 0 spiro atoms. The van der Waals surface area contributed by atoms with E-state index in [0.29, 0.717) is 22.7 Å². The Balaban J connectivity index is 1.95. The molecule has 1 aliphatic rings. The molecule has 1 aliphatic carbocycles. The molecular weight excluding hydrogens is 378 g/mol. The van der Waals surface area contributed by atoms with Crippen LogP contribution >= 0.6 is 11.3 Å². The van der Waals surface area contributed by atoms with Gasteiger partial charge in [0.25, 0.3) is 5.56 Å². The molecular formula is C20H21N3O4S. The van der Waals surface area contributed by atoms with E-state index < -0.39 is 5.91 Å². The molecule has 28 heavy (non-hydrogen) atoms. The van der Waals surface area contributed by atoms with Crippen LogP contribution in [0.2, 0.25) is 0 Å². The fourth-order valence-corrected chi connectivity index (χ4v) is 4.95. The van der Waals surface area contributed by atoms with Gasteiger partial charge >= 0.3 is 0 Å². The second kappa shape index (κ2) is 7.27. The SMILES string of the molecule is COc1ccc(-c2nc3sc4c(c3c(=O)n2CCC(N)=O)CCC4)cc1OC. The summed E-state index contributed by atoms with van der Waals surface area (Å²) in [5, 5.41) is 0.686. The van der Waals surface area contributed by atoms with Crippen molar-refractivity contribution >= 4 is 27.5 Å². The quantitative estimate of drug-likeness (QED) is 0.687. The van der Waals surface area contributed by atoms with Crippen molar-refractivity contribution in [1.29, 1.82) is 0 Å². The highest BCUT2D eigenvalue weighted by molar-refractivity contribution is 7.18. The lowest BCUT2D eigenvalue weighted by atomic mass is 10.1. The number of hydrogen-bond acceptors (Lipinski definition) is 6. The average molecular weight is 399 g/mol. The number of nitrogens with two attached hydrogens (primary N) is 1. The van der Waals surface area contributed by atoms with Crippen LogP contribution in [0.5, 0.6) is 11.5 Å². The molecule has 2 aromatic heterocycles. The zero-order chi connectivity index (χ0) is 19.8. The lowest BCUT2D eigenvalue weighted by Crippen LogP contribution is -2.26. The zero-order valence-electron chi connectivity index (χ0n) is 15.8. The Morgan fingerprint density at radius 1 is 1.25 bits per heavy atom. The summed E-state index contributed by atoms with van der Waals surface area (Å²) in [5.74, 6) is 1.18. The van der Waals surface area contributed by atoms with Crippen molar-refractivity contribution in [2.24, 2.45) is 5.73 Å². The van der Waals surface area contributed by atoms with Crippen LogP contribution in [0, 0.1) is 0 Å². The molecule has 0 saturated carbocycles. The number of fused-ring (bicyclic) bond motifs is 3. The lowest BCUT2D eigenvalue weighted by molar-refractivity contribution is -0.118. The van der Waals surface area contributed by atoms with Crippen molar-refractivity contribution in [3.63, 3.8) is 0 Å². The average Bonchev–Trinajstić information content (AvgIpc) is 3.27. The highest BCUT2D eigenvalue weighted by atomic mass is 32.1. The molecule has 7 nitrogen and oxygen atoms in total. The van der Waals surface area contributed by atoms with Gasteiger partial charge in [-0.1, -0.05) is 0 Å². The molecule has 3 aromatic rings. The van der Waals surface area contributed by atoms with E-state index in [9.17, 15) is 9.59 Å². The molecule has 4 rings (SSSR count). The number of primary amides is 1. The number of nitrogens with zero attached hydrogens (tertiary/aromatic N) is 2. The molecule has 0 atom stereocenters. The third-order valence-corrected chi connectivity index (χ3v) is 6.23. The summed E-state index contributed by atoms with van der Waals surface area (Å²) in [5.41, 5.74) is 7.05. The second-order valence-corrected chi connectivity index (χ2v) is 7.80. The van der Waals surface area contributed by atoms with E-state index in [0.717, 1.165) is 35.2 Å². The fourth-order valence-electron chi connectivity index (χ4n) is 3.70. The zero-order valence-corrected chi connectivity index (χ0v) is 16.6. The van der Waals surface area contributed by atoms with Gasteiger partial charge in [-0.3, -0.25) is 14.2 Å². The Hall–Kier alpha value is -2.87. The molecule has 8 heteroatoms. The maximum absolute atomic E-state index is 13.4. The Labute approximate surface area is 165 Å². The number of carbonyl (C=O) groups excluding carboxylic acids is 1. The van der Waals surface area contributed by atoms with Gasteiger partial charge in [0.15, 0.2) is 11.5 Å². The minimum atomic E-state index is -0.458. The Morgan fingerprint density at radius 3 is 2.75 bits per heavy atom. The van der Waals surface area contributed by atoms with Crippen LogP contribution in [0.15, 0.2) is 23.0 Å². The van der Waals surface area contributed by atoms with Gasteiger partial charge in [0.2, 0.25) is 5.91 Å². The number of benzene rings is 1. The third-order valence-electron chi connectivity index (χ3n) is 5.05. The maximum atomic E-state index is 13.4. The third kappa shape index (κ3) is 3.03. The molecule has 0 radical (unpaired) electrons. The van der Waals surface area contributed by atoms with E-state index in [2.05, 4.69) is 0 Å². The largest absolute Gasteiger partial charge is 0.493 e. The molecule has 0 fully saturated rings.